The Morgan fingerprint density at radius 2 is 1.72 bits per heavy atom. The van der Waals surface area contributed by atoms with Crippen molar-refractivity contribution in [3.05, 3.63) is 69.0 Å². The maximum absolute atomic E-state index is 13.2. The maximum atomic E-state index is 13.2. The Hall–Kier alpha value is -2.49. The topological polar surface area (TPSA) is 94.8 Å². The van der Waals surface area contributed by atoms with Crippen molar-refractivity contribution in [2.24, 2.45) is 0 Å². The van der Waals surface area contributed by atoms with E-state index in [1.165, 1.54) is 12.1 Å². The van der Waals surface area contributed by atoms with Gasteiger partial charge in [0, 0.05) is 24.9 Å². The summed E-state index contributed by atoms with van der Waals surface area (Å²) in [5.41, 5.74) is 1.07. The molecule has 1 atom stereocenters. The molecule has 0 fully saturated rings. The van der Waals surface area contributed by atoms with E-state index in [1.807, 2.05) is 26.8 Å². The number of benzene rings is 1. The number of hydrogen-bond donors (Lipinski definition) is 0. The number of ether oxygens (including phenoxy) is 1. The molecular formula is C26H38ClN3O5Si. The van der Waals surface area contributed by atoms with E-state index in [-0.39, 0.29) is 17.3 Å². The van der Waals surface area contributed by atoms with Gasteiger partial charge in [-0.15, -0.1) is 0 Å². The van der Waals surface area contributed by atoms with Gasteiger partial charge in [-0.3, -0.25) is 10.1 Å². The zero-order valence-electron chi connectivity index (χ0n) is 22.5. The Morgan fingerprint density at radius 1 is 1.11 bits per heavy atom. The van der Waals surface area contributed by atoms with E-state index in [9.17, 15) is 14.9 Å². The molecular weight excluding hydrogens is 498 g/mol. The number of rotatable bonds is 9. The van der Waals surface area contributed by atoms with E-state index in [0.29, 0.717) is 18.1 Å². The number of nitro groups is 1. The molecule has 36 heavy (non-hydrogen) atoms. The van der Waals surface area contributed by atoms with Gasteiger partial charge in [0.05, 0.1) is 17.6 Å². The van der Waals surface area contributed by atoms with E-state index in [4.69, 9.17) is 20.8 Å². The zero-order valence-corrected chi connectivity index (χ0v) is 24.3. The Kier molecular flexibility index (Phi) is 9.67. The number of hydrogen-bond acceptors (Lipinski definition) is 6. The van der Waals surface area contributed by atoms with Crippen LogP contribution in [0.25, 0.3) is 0 Å². The van der Waals surface area contributed by atoms with Crippen molar-refractivity contribution >= 4 is 31.7 Å². The van der Waals surface area contributed by atoms with Gasteiger partial charge in [0.2, 0.25) is 0 Å². The van der Waals surface area contributed by atoms with Crippen molar-refractivity contribution in [2.75, 3.05) is 13.1 Å². The largest absolute Gasteiger partial charge is 0.444 e. The number of halogens is 1. The maximum Gasteiger partial charge on any atom is 0.410 e. The molecule has 0 saturated heterocycles. The Labute approximate surface area is 220 Å². The fourth-order valence-corrected chi connectivity index (χ4v) is 4.54. The lowest BCUT2D eigenvalue weighted by molar-refractivity contribution is -0.384. The van der Waals surface area contributed by atoms with E-state index < -0.39 is 31.0 Å². The van der Waals surface area contributed by atoms with Gasteiger partial charge in [-0.25, -0.2) is 9.78 Å². The van der Waals surface area contributed by atoms with Gasteiger partial charge in [-0.2, -0.15) is 0 Å². The third kappa shape index (κ3) is 8.87. The van der Waals surface area contributed by atoms with Crippen LogP contribution in [0.15, 0.2) is 42.6 Å². The second-order valence-electron chi connectivity index (χ2n) is 11.4. The molecule has 1 amide bonds. The lowest BCUT2D eigenvalue weighted by Crippen LogP contribution is -2.46. The summed E-state index contributed by atoms with van der Waals surface area (Å²) in [4.78, 5) is 29.7. The molecule has 0 radical (unpaired) electrons. The van der Waals surface area contributed by atoms with Gasteiger partial charge in [-0.05, 0) is 62.5 Å². The number of pyridine rings is 1. The summed E-state index contributed by atoms with van der Waals surface area (Å²) in [5, 5.41) is 11.3. The first-order chi connectivity index (χ1) is 16.5. The molecule has 198 valence electrons. The Balaban J connectivity index is 2.35. The van der Waals surface area contributed by atoms with Crippen LogP contribution in [0.2, 0.25) is 23.3 Å². The minimum atomic E-state index is -2.22. The molecule has 0 N–H and O–H groups in total. The fraction of sp³-hybridized carbons (Fsp3) is 0.538. The monoisotopic (exact) mass is 535 g/mol. The highest BCUT2D eigenvalue weighted by molar-refractivity contribution is 6.74. The lowest BCUT2D eigenvalue weighted by Gasteiger charge is -2.40. The van der Waals surface area contributed by atoms with Crippen molar-refractivity contribution in [2.45, 2.75) is 77.8 Å². The van der Waals surface area contributed by atoms with Gasteiger partial charge in [0.25, 0.3) is 5.69 Å². The highest BCUT2D eigenvalue weighted by Gasteiger charge is 2.40. The van der Waals surface area contributed by atoms with Gasteiger partial charge in [0.15, 0.2) is 8.32 Å². The summed E-state index contributed by atoms with van der Waals surface area (Å²) < 4.78 is 12.5. The molecule has 1 aromatic carbocycles. The first-order valence-electron chi connectivity index (χ1n) is 12.0. The van der Waals surface area contributed by atoms with Crippen LogP contribution in [0.5, 0.6) is 0 Å². The number of carbonyl (C=O) groups excluding carboxylic acids is 1. The van der Waals surface area contributed by atoms with E-state index in [1.54, 1.807) is 29.3 Å². The SMILES string of the molecule is CC(C)(C)OC(=O)N(CCc1ccc([N+](=O)[O-])cc1)C[C@H](O[Si](C)(C)C(C)(C)C)c1ccc(Cl)nc1. The van der Waals surface area contributed by atoms with Crippen LogP contribution in [-0.2, 0) is 15.6 Å². The second-order valence-corrected chi connectivity index (χ2v) is 16.5. The number of nitrogens with zero attached hydrogens (tertiary/aromatic N) is 3. The fourth-order valence-electron chi connectivity index (χ4n) is 3.15. The molecule has 0 aliphatic carbocycles. The van der Waals surface area contributed by atoms with Crippen molar-refractivity contribution in [1.82, 2.24) is 9.88 Å². The molecule has 0 bridgehead atoms. The average Bonchev–Trinajstić information content (AvgIpc) is 2.74. The van der Waals surface area contributed by atoms with Crippen LogP contribution in [0.1, 0.15) is 58.8 Å². The molecule has 0 spiro atoms. The quantitative estimate of drug-likeness (QED) is 0.146. The third-order valence-corrected chi connectivity index (χ3v) is 10.9. The average molecular weight is 536 g/mol. The van der Waals surface area contributed by atoms with Gasteiger partial charge >= 0.3 is 6.09 Å². The predicted molar refractivity (Wildman–Crippen MR) is 145 cm³/mol. The zero-order chi connectivity index (χ0) is 27.3. The summed E-state index contributed by atoms with van der Waals surface area (Å²) >= 11 is 6.03. The highest BCUT2D eigenvalue weighted by atomic mass is 35.5. The van der Waals surface area contributed by atoms with E-state index in [2.05, 4.69) is 38.8 Å². The summed E-state index contributed by atoms with van der Waals surface area (Å²) in [7, 11) is -2.22. The molecule has 1 heterocycles. The molecule has 10 heteroatoms. The Morgan fingerprint density at radius 3 is 2.19 bits per heavy atom. The molecule has 2 aromatic rings. The van der Waals surface area contributed by atoms with Crippen LogP contribution in [0.4, 0.5) is 10.5 Å². The second kappa shape index (κ2) is 11.7. The number of aromatic nitrogens is 1. The number of nitro benzene ring substituents is 1. The van der Waals surface area contributed by atoms with Crippen LogP contribution >= 0.6 is 11.6 Å². The molecule has 8 nitrogen and oxygen atoms in total. The summed E-state index contributed by atoms with van der Waals surface area (Å²) in [6.07, 6.45) is 1.31. The highest BCUT2D eigenvalue weighted by Crippen LogP contribution is 2.40. The molecule has 0 aliphatic rings. The predicted octanol–water partition coefficient (Wildman–Crippen LogP) is 7.19. The van der Waals surface area contributed by atoms with Crippen molar-refractivity contribution in [1.29, 1.82) is 0 Å². The van der Waals surface area contributed by atoms with E-state index in [0.717, 1.165) is 11.1 Å². The smallest absolute Gasteiger partial charge is 0.410 e. The molecule has 2 rings (SSSR count). The Bertz CT molecular complexity index is 1030. The lowest BCUT2D eigenvalue weighted by atomic mass is 10.1. The standard InChI is InChI=1S/C26H38ClN3O5Si/c1-25(2,3)34-24(31)29(16-15-19-9-12-21(13-10-19)30(32)33)18-22(20-11-14-23(27)28-17-20)35-36(7,8)26(4,5)6/h9-14,17,22H,15-16,18H2,1-8H3/t22-/m0/s1. The van der Waals surface area contributed by atoms with Crippen molar-refractivity contribution < 1.29 is 18.9 Å². The van der Waals surface area contributed by atoms with Crippen LogP contribution in [0, 0.1) is 10.1 Å². The number of amides is 1. The summed E-state index contributed by atoms with van der Waals surface area (Å²) in [6, 6.07) is 9.94. The summed E-state index contributed by atoms with van der Waals surface area (Å²) in [6.45, 7) is 16.9. The molecule has 1 aromatic heterocycles. The first kappa shape index (κ1) is 29.7. The number of non-ortho nitro benzene ring substituents is 1. The minimum absolute atomic E-state index is 0.0285. The molecule has 0 aliphatic heterocycles. The van der Waals surface area contributed by atoms with Gasteiger partial charge in [-0.1, -0.05) is 50.6 Å². The van der Waals surface area contributed by atoms with Crippen molar-refractivity contribution in [3.8, 4) is 0 Å². The van der Waals surface area contributed by atoms with Crippen molar-refractivity contribution in [3.63, 3.8) is 0 Å². The molecule has 0 unspecified atom stereocenters. The van der Waals surface area contributed by atoms with Gasteiger partial charge in [0.1, 0.15) is 10.8 Å². The normalized spacial score (nSPS) is 13.2. The molecule has 0 saturated carbocycles. The third-order valence-electron chi connectivity index (χ3n) is 6.22. The first-order valence-corrected chi connectivity index (χ1v) is 15.3. The van der Waals surface area contributed by atoms with Gasteiger partial charge < -0.3 is 14.1 Å². The van der Waals surface area contributed by atoms with Crippen LogP contribution in [0.3, 0.4) is 0 Å². The van der Waals surface area contributed by atoms with Crippen LogP contribution in [-0.4, -0.2) is 47.9 Å². The number of carbonyl (C=O) groups is 1. The van der Waals surface area contributed by atoms with E-state index >= 15 is 0 Å². The minimum Gasteiger partial charge on any atom is -0.444 e. The summed E-state index contributed by atoms with van der Waals surface area (Å²) in [5.74, 6) is 0. The van der Waals surface area contributed by atoms with Crippen LogP contribution < -0.4 is 0 Å².